The van der Waals surface area contributed by atoms with Gasteiger partial charge in [-0.3, -0.25) is 19.3 Å². The fraction of sp³-hybridized carbons (Fsp3) is 0.200. The molecule has 0 aromatic heterocycles. The van der Waals surface area contributed by atoms with E-state index in [1.54, 1.807) is 25.1 Å². The number of halogens is 5. The van der Waals surface area contributed by atoms with Crippen molar-refractivity contribution in [2.24, 2.45) is 0 Å². The first-order chi connectivity index (χ1) is 15.0. The van der Waals surface area contributed by atoms with Crippen LogP contribution in [0.5, 0.6) is 0 Å². The Morgan fingerprint density at radius 3 is 2.06 bits per heavy atom. The second-order valence-electron chi connectivity index (χ2n) is 6.78. The first-order valence-corrected chi connectivity index (χ1v) is 11.2. The average Bonchev–Trinajstić information content (AvgIpc) is 3.00. The van der Waals surface area contributed by atoms with Crippen LogP contribution >= 0.6 is 62.3 Å². The zero-order chi connectivity index (χ0) is 23.9. The van der Waals surface area contributed by atoms with Gasteiger partial charge in [0.05, 0.1) is 31.2 Å². The van der Waals surface area contributed by atoms with Gasteiger partial charge in [0.2, 0.25) is 0 Å². The van der Waals surface area contributed by atoms with Crippen molar-refractivity contribution in [2.75, 3.05) is 11.9 Å². The first-order valence-electron chi connectivity index (χ1n) is 8.92. The zero-order valence-electron chi connectivity index (χ0n) is 16.4. The number of carbonyl (C=O) groups excluding carboxylic acids is 4. The van der Waals surface area contributed by atoms with Crippen molar-refractivity contribution in [1.82, 2.24) is 4.90 Å². The molecule has 32 heavy (non-hydrogen) atoms. The van der Waals surface area contributed by atoms with Crippen LogP contribution in [0.15, 0.2) is 22.7 Å². The molecule has 1 heterocycles. The predicted molar refractivity (Wildman–Crippen MR) is 125 cm³/mol. The summed E-state index contributed by atoms with van der Waals surface area (Å²) >= 11 is 27.4. The van der Waals surface area contributed by atoms with E-state index in [9.17, 15) is 19.2 Å². The number of ether oxygens (including phenoxy) is 1. The molecule has 1 N–H and O–H groups in total. The second kappa shape index (κ2) is 9.57. The second-order valence-corrected chi connectivity index (χ2v) is 9.20. The van der Waals surface area contributed by atoms with Crippen molar-refractivity contribution in [3.63, 3.8) is 0 Å². The number of nitrogens with zero attached hydrogens (tertiary/aromatic N) is 1. The molecule has 0 fully saturated rings. The molecule has 168 valence electrons. The van der Waals surface area contributed by atoms with Crippen LogP contribution in [-0.2, 0) is 14.3 Å². The Morgan fingerprint density at radius 2 is 1.56 bits per heavy atom. The molecule has 3 rings (SSSR count). The number of carbonyl (C=O) groups is 4. The quantitative estimate of drug-likeness (QED) is 0.216. The number of rotatable bonds is 5. The number of imide groups is 1. The van der Waals surface area contributed by atoms with Crippen molar-refractivity contribution in [3.8, 4) is 0 Å². The van der Waals surface area contributed by atoms with Gasteiger partial charge in [-0.25, -0.2) is 4.79 Å². The highest BCUT2D eigenvalue weighted by atomic mass is 79.9. The van der Waals surface area contributed by atoms with Crippen LogP contribution in [0.2, 0.25) is 20.1 Å². The molecular weight excluding hydrogens is 570 g/mol. The minimum absolute atomic E-state index is 0.185. The molecule has 0 aliphatic carbocycles. The highest BCUT2D eigenvalue weighted by Gasteiger charge is 2.45. The minimum Gasteiger partial charge on any atom is -0.454 e. The van der Waals surface area contributed by atoms with Crippen molar-refractivity contribution in [2.45, 2.75) is 19.9 Å². The standard InChI is InChI=1S/C20H13BrCl4N2O5/c1-7-5-9(21)3-4-10(7)26-11(28)6-32-20(31)8(2)27-18(29)12-13(19(27)30)15(23)17(25)16(24)14(12)22/h3-5,8H,6H2,1-2H3,(H,26,28)/t8-/m1/s1. The normalized spacial score (nSPS) is 13.8. The molecule has 2 aromatic carbocycles. The monoisotopic (exact) mass is 580 g/mol. The van der Waals surface area contributed by atoms with Crippen LogP contribution in [0, 0.1) is 6.92 Å². The summed E-state index contributed by atoms with van der Waals surface area (Å²) < 4.78 is 5.84. The van der Waals surface area contributed by atoms with E-state index in [2.05, 4.69) is 21.2 Å². The van der Waals surface area contributed by atoms with Crippen LogP contribution in [0.1, 0.15) is 33.2 Å². The van der Waals surface area contributed by atoms with Crippen LogP contribution in [-0.4, -0.2) is 41.2 Å². The Kier molecular flexibility index (Phi) is 7.41. The number of hydrogen-bond donors (Lipinski definition) is 1. The summed E-state index contributed by atoms with van der Waals surface area (Å²) in [7, 11) is 0. The van der Waals surface area contributed by atoms with Crippen LogP contribution in [0.4, 0.5) is 5.69 Å². The van der Waals surface area contributed by atoms with Gasteiger partial charge < -0.3 is 10.1 Å². The third-order valence-corrected chi connectivity index (χ3v) is 6.96. The Bertz CT molecular complexity index is 1140. The van der Waals surface area contributed by atoms with Gasteiger partial charge in [-0.2, -0.15) is 0 Å². The lowest BCUT2D eigenvalue weighted by Crippen LogP contribution is -2.44. The van der Waals surface area contributed by atoms with Gasteiger partial charge in [0.1, 0.15) is 6.04 Å². The molecule has 2 aromatic rings. The molecule has 1 atom stereocenters. The number of nitrogens with one attached hydrogen (secondary N) is 1. The zero-order valence-corrected chi connectivity index (χ0v) is 21.0. The maximum absolute atomic E-state index is 12.8. The van der Waals surface area contributed by atoms with Gasteiger partial charge in [0.25, 0.3) is 17.7 Å². The minimum atomic E-state index is -1.37. The van der Waals surface area contributed by atoms with Crippen molar-refractivity contribution < 1.29 is 23.9 Å². The number of esters is 1. The molecular formula is C20H13BrCl4N2O5. The summed E-state index contributed by atoms with van der Waals surface area (Å²) in [5, 5.41) is 1.74. The highest BCUT2D eigenvalue weighted by molar-refractivity contribution is 9.10. The van der Waals surface area contributed by atoms with E-state index in [0.29, 0.717) is 10.6 Å². The van der Waals surface area contributed by atoms with Crippen molar-refractivity contribution in [3.05, 3.63) is 59.5 Å². The number of amides is 3. The van der Waals surface area contributed by atoms with E-state index >= 15 is 0 Å². The van der Waals surface area contributed by atoms with Crippen molar-refractivity contribution in [1.29, 1.82) is 0 Å². The first kappa shape index (κ1) is 24.8. The van der Waals surface area contributed by atoms with Gasteiger partial charge in [0, 0.05) is 10.2 Å². The molecule has 0 unspecified atom stereocenters. The molecule has 0 radical (unpaired) electrons. The lowest BCUT2D eigenvalue weighted by atomic mass is 10.1. The molecule has 3 amide bonds. The summed E-state index contributed by atoms with van der Waals surface area (Å²) in [5.74, 6) is -3.33. The lowest BCUT2D eigenvalue weighted by molar-refractivity contribution is -0.150. The molecule has 0 saturated carbocycles. The van der Waals surface area contributed by atoms with Crippen molar-refractivity contribution >= 4 is 91.7 Å². The maximum atomic E-state index is 12.8. The number of fused-ring (bicyclic) bond motifs is 1. The smallest absolute Gasteiger partial charge is 0.329 e. The lowest BCUT2D eigenvalue weighted by Gasteiger charge is -2.20. The largest absolute Gasteiger partial charge is 0.454 e. The fourth-order valence-electron chi connectivity index (χ4n) is 3.03. The summed E-state index contributed by atoms with van der Waals surface area (Å²) in [4.78, 5) is 50.9. The van der Waals surface area contributed by atoms with E-state index in [4.69, 9.17) is 51.1 Å². The maximum Gasteiger partial charge on any atom is 0.329 e. The summed E-state index contributed by atoms with van der Waals surface area (Å²) in [6.45, 7) is 2.44. The van der Waals surface area contributed by atoms with Gasteiger partial charge >= 0.3 is 5.97 Å². The van der Waals surface area contributed by atoms with Gasteiger partial charge in [-0.1, -0.05) is 62.3 Å². The van der Waals surface area contributed by atoms with Crippen LogP contribution in [0.3, 0.4) is 0 Å². The van der Waals surface area contributed by atoms with E-state index in [0.717, 1.165) is 10.0 Å². The summed E-state index contributed by atoms with van der Waals surface area (Å²) in [6.07, 6.45) is 0. The Balaban J connectivity index is 1.71. The highest BCUT2D eigenvalue weighted by Crippen LogP contribution is 2.45. The van der Waals surface area contributed by atoms with Gasteiger partial charge in [0.15, 0.2) is 6.61 Å². The Labute approximate surface area is 211 Å². The number of hydrogen-bond acceptors (Lipinski definition) is 5. The third-order valence-electron chi connectivity index (χ3n) is 4.67. The summed E-state index contributed by atoms with van der Waals surface area (Å²) in [5.41, 5.74) is 0.837. The molecule has 1 aliphatic heterocycles. The van der Waals surface area contributed by atoms with E-state index in [-0.39, 0.29) is 31.2 Å². The summed E-state index contributed by atoms with van der Waals surface area (Å²) in [6, 6.07) is 3.87. The average molecular weight is 583 g/mol. The molecule has 0 bridgehead atoms. The topological polar surface area (TPSA) is 92.8 Å². The van der Waals surface area contributed by atoms with E-state index in [1.165, 1.54) is 6.92 Å². The third kappa shape index (κ3) is 4.47. The van der Waals surface area contributed by atoms with E-state index in [1.807, 2.05) is 0 Å². The Hall–Kier alpha value is -1.84. The molecule has 0 spiro atoms. The van der Waals surface area contributed by atoms with Gasteiger partial charge in [-0.05, 0) is 37.6 Å². The van der Waals surface area contributed by atoms with E-state index < -0.39 is 36.3 Å². The SMILES string of the molecule is Cc1cc(Br)ccc1NC(=O)COC(=O)[C@@H](C)N1C(=O)c2c(Cl)c(Cl)c(Cl)c(Cl)c2C1=O. The van der Waals surface area contributed by atoms with Crippen LogP contribution in [0.25, 0.3) is 0 Å². The number of aryl methyl sites for hydroxylation is 1. The Morgan fingerprint density at radius 1 is 1.03 bits per heavy atom. The predicted octanol–water partition coefficient (Wildman–Crippen LogP) is 5.54. The fourth-order valence-corrected chi connectivity index (χ4v) is 4.52. The van der Waals surface area contributed by atoms with Crippen LogP contribution < -0.4 is 5.32 Å². The molecule has 12 heteroatoms. The molecule has 0 saturated heterocycles. The molecule has 1 aliphatic rings. The number of benzene rings is 2. The van der Waals surface area contributed by atoms with Gasteiger partial charge in [-0.15, -0.1) is 0 Å². The number of anilines is 1. The molecule has 7 nitrogen and oxygen atoms in total.